The van der Waals surface area contributed by atoms with Crippen LogP contribution in [0.5, 0.6) is 0 Å². The average Bonchev–Trinajstić information content (AvgIpc) is 2.93. The van der Waals surface area contributed by atoms with Crippen LogP contribution in [-0.4, -0.2) is 27.2 Å². The Morgan fingerprint density at radius 1 is 1.35 bits per heavy atom. The molecule has 7 heteroatoms. The van der Waals surface area contributed by atoms with E-state index < -0.39 is 0 Å². The summed E-state index contributed by atoms with van der Waals surface area (Å²) in [5, 5.41) is 16.5. The Labute approximate surface area is 114 Å². The van der Waals surface area contributed by atoms with Crippen LogP contribution in [-0.2, 0) is 0 Å². The first-order chi connectivity index (χ1) is 9.69. The number of aromatic nitrogens is 4. The van der Waals surface area contributed by atoms with E-state index in [2.05, 4.69) is 26.2 Å². The first-order valence-corrected chi connectivity index (χ1v) is 5.89. The molecule has 2 aromatic heterocycles. The molecule has 0 saturated carbocycles. The number of H-pyrrole nitrogens is 1. The summed E-state index contributed by atoms with van der Waals surface area (Å²) in [6, 6.07) is 9.36. The van der Waals surface area contributed by atoms with Crippen LogP contribution in [0.4, 0.5) is 17.5 Å². The Kier molecular flexibility index (Phi) is 2.69. The van der Waals surface area contributed by atoms with Gasteiger partial charge in [0.05, 0.1) is 23.2 Å². The molecule has 0 amide bonds. The van der Waals surface area contributed by atoms with Crippen molar-refractivity contribution in [2.24, 2.45) is 0 Å². The van der Waals surface area contributed by atoms with Crippen LogP contribution in [0.3, 0.4) is 0 Å². The van der Waals surface area contributed by atoms with Gasteiger partial charge < -0.3 is 10.6 Å². The van der Waals surface area contributed by atoms with Crippen molar-refractivity contribution < 1.29 is 0 Å². The van der Waals surface area contributed by atoms with Crippen LogP contribution in [0.1, 0.15) is 5.56 Å². The molecule has 1 aromatic carbocycles. The molecule has 0 aliphatic carbocycles. The van der Waals surface area contributed by atoms with Gasteiger partial charge in [-0.05, 0) is 18.2 Å². The monoisotopic (exact) mass is 265 g/mol. The quantitative estimate of drug-likeness (QED) is 0.728. The maximum atomic E-state index is 8.97. The minimum Gasteiger partial charge on any atom is -0.368 e. The fourth-order valence-electron chi connectivity index (χ4n) is 2.00. The van der Waals surface area contributed by atoms with Gasteiger partial charge in [0, 0.05) is 12.7 Å². The van der Waals surface area contributed by atoms with Crippen molar-refractivity contribution in [3.63, 3.8) is 0 Å². The number of nitrogen functional groups attached to an aromatic ring is 1. The molecule has 0 saturated heterocycles. The van der Waals surface area contributed by atoms with Gasteiger partial charge in [0.15, 0.2) is 5.65 Å². The molecule has 0 radical (unpaired) electrons. The van der Waals surface area contributed by atoms with Crippen molar-refractivity contribution in [1.29, 1.82) is 5.26 Å². The number of aromatic amines is 1. The molecule has 2 heterocycles. The highest BCUT2D eigenvalue weighted by Gasteiger charge is 2.13. The van der Waals surface area contributed by atoms with Crippen molar-refractivity contribution in [1.82, 2.24) is 20.2 Å². The first-order valence-electron chi connectivity index (χ1n) is 5.89. The zero-order chi connectivity index (χ0) is 14.1. The van der Waals surface area contributed by atoms with Gasteiger partial charge in [-0.3, -0.25) is 5.10 Å². The van der Waals surface area contributed by atoms with Crippen LogP contribution in [0.2, 0.25) is 0 Å². The van der Waals surface area contributed by atoms with Gasteiger partial charge in [-0.25, -0.2) is 0 Å². The highest BCUT2D eigenvalue weighted by atomic mass is 15.2. The van der Waals surface area contributed by atoms with E-state index in [1.165, 1.54) is 0 Å². The van der Waals surface area contributed by atoms with Gasteiger partial charge in [-0.1, -0.05) is 6.07 Å². The first kappa shape index (κ1) is 11.9. The van der Waals surface area contributed by atoms with Gasteiger partial charge in [-0.2, -0.15) is 20.3 Å². The van der Waals surface area contributed by atoms with E-state index in [-0.39, 0.29) is 5.95 Å². The molecular formula is C13H11N7. The Bertz CT molecular complexity index is 815. The van der Waals surface area contributed by atoms with Gasteiger partial charge in [0.25, 0.3) is 0 Å². The van der Waals surface area contributed by atoms with E-state index in [9.17, 15) is 0 Å². The molecule has 3 rings (SSSR count). The Morgan fingerprint density at radius 2 is 2.20 bits per heavy atom. The van der Waals surface area contributed by atoms with E-state index in [1.807, 2.05) is 24.1 Å². The van der Waals surface area contributed by atoms with E-state index in [4.69, 9.17) is 11.0 Å². The van der Waals surface area contributed by atoms with Gasteiger partial charge in [0.1, 0.15) is 5.82 Å². The van der Waals surface area contributed by atoms with Gasteiger partial charge in [-0.15, -0.1) is 0 Å². The number of nitrogens with two attached hydrogens (primary N) is 1. The molecular weight excluding hydrogens is 254 g/mol. The van der Waals surface area contributed by atoms with E-state index in [1.54, 1.807) is 18.3 Å². The zero-order valence-corrected chi connectivity index (χ0v) is 10.7. The Morgan fingerprint density at radius 3 is 3.00 bits per heavy atom. The molecule has 7 nitrogen and oxygen atoms in total. The number of nitriles is 1. The lowest BCUT2D eigenvalue weighted by Crippen LogP contribution is -2.13. The van der Waals surface area contributed by atoms with Gasteiger partial charge >= 0.3 is 0 Å². The predicted octanol–water partition coefficient (Wildman–Crippen LogP) is 1.57. The van der Waals surface area contributed by atoms with Crippen LogP contribution in [0, 0.1) is 11.3 Å². The summed E-state index contributed by atoms with van der Waals surface area (Å²) in [6.45, 7) is 0. The number of hydrogen-bond donors (Lipinski definition) is 2. The fourth-order valence-corrected chi connectivity index (χ4v) is 2.00. The lowest BCUT2D eigenvalue weighted by atomic mass is 10.2. The molecule has 0 spiro atoms. The molecule has 20 heavy (non-hydrogen) atoms. The van der Waals surface area contributed by atoms with E-state index >= 15 is 0 Å². The third kappa shape index (κ3) is 1.89. The number of nitrogens with zero attached hydrogens (tertiary/aromatic N) is 5. The van der Waals surface area contributed by atoms with Crippen molar-refractivity contribution in [2.75, 3.05) is 17.7 Å². The third-order valence-corrected chi connectivity index (χ3v) is 2.99. The molecule has 0 bridgehead atoms. The summed E-state index contributed by atoms with van der Waals surface area (Å²) in [6.07, 6.45) is 1.65. The van der Waals surface area contributed by atoms with Crippen LogP contribution >= 0.6 is 0 Å². The average molecular weight is 265 g/mol. The topological polar surface area (TPSA) is 108 Å². The maximum Gasteiger partial charge on any atom is 0.224 e. The highest BCUT2D eigenvalue weighted by molar-refractivity contribution is 5.89. The minimum absolute atomic E-state index is 0.167. The molecule has 0 fully saturated rings. The largest absolute Gasteiger partial charge is 0.368 e. The number of benzene rings is 1. The van der Waals surface area contributed by atoms with Crippen LogP contribution < -0.4 is 10.6 Å². The van der Waals surface area contributed by atoms with Gasteiger partial charge in [0.2, 0.25) is 5.95 Å². The standard InChI is InChI=1S/C13H11N7/c1-20(9-4-2-3-8(5-9)6-14)12-10-7-16-19-11(10)17-13(15)18-12/h2-5,7H,1H3,(H3,15,16,17,18,19). The van der Waals surface area contributed by atoms with Crippen molar-refractivity contribution in [3.8, 4) is 6.07 Å². The van der Waals surface area contributed by atoms with Crippen LogP contribution in [0.15, 0.2) is 30.5 Å². The third-order valence-electron chi connectivity index (χ3n) is 2.99. The Balaban J connectivity index is 2.14. The molecule has 0 aliphatic rings. The molecule has 0 unspecified atom stereocenters. The lowest BCUT2D eigenvalue weighted by Gasteiger charge is -2.19. The number of rotatable bonds is 2. The summed E-state index contributed by atoms with van der Waals surface area (Å²) >= 11 is 0. The smallest absolute Gasteiger partial charge is 0.224 e. The van der Waals surface area contributed by atoms with Crippen molar-refractivity contribution in [2.45, 2.75) is 0 Å². The minimum atomic E-state index is 0.167. The predicted molar refractivity (Wildman–Crippen MR) is 75.3 cm³/mol. The van der Waals surface area contributed by atoms with E-state index in [0.29, 0.717) is 17.0 Å². The lowest BCUT2D eigenvalue weighted by molar-refractivity contribution is 1.08. The van der Waals surface area contributed by atoms with Crippen LogP contribution in [0.25, 0.3) is 11.0 Å². The summed E-state index contributed by atoms with van der Waals surface area (Å²) in [7, 11) is 1.85. The summed E-state index contributed by atoms with van der Waals surface area (Å²) in [5.41, 5.74) is 7.71. The van der Waals surface area contributed by atoms with Crippen molar-refractivity contribution >= 4 is 28.5 Å². The van der Waals surface area contributed by atoms with E-state index in [0.717, 1.165) is 11.1 Å². The number of anilines is 3. The second kappa shape index (κ2) is 4.51. The molecule has 0 aliphatic heterocycles. The fraction of sp³-hybridized carbons (Fsp3) is 0.0769. The second-order valence-corrected chi connectivity index (χ2v) is 4.26. The Hall–Kier alpha value is -3.14. The molecule has 3 aromatic rings. The number of fused-ring (bicyclic) bond motifs is 1. The highest BCUT2D eigenvalue weighted by Crippen LogP contribution is 2.28. The number of hydrogen-bond acceptors (Lipinski definition) is 6. The number of nitrogens with one attached hydrogen (secondary N) is 1. The molecule has 0 atom stereocenters. The normalized spacial score (nSPS) is 10.4. The summed E-state index contributed by atoms with van der Waals surface area (Å²) < 4.78 is 0. The zero-order valence-electron chi connectivity index (χ0n) is 10.7. The second-order valence-electron chi connectivity index (χ2n) is 4.26. The maximum absolute atomic E-state index is 8.97. The summed E-state index contributed by atoms with van der Waals surface area (Å²) in [5.74, 6) is 0.802. The summed E-state index contributed by atoms with van der Waals surface area (Å²) in [4.78, 5) is 10.2. The molecule has 3 N–H and O–H groups in total. The molecule has 98 valence electrons. The SMILES string of the molecule is CN(c1cccc(C#N)c1)c1nc(N)nc2[nH]ncc12. The van der Waals surface area contributed by atoms with Crippen molar-refractivity contribution in [3.05, 3.63) is 36.0 Å².